The lowest BCUT2D eigenvalue weighted by molar-refractivity contribution is -0.123. The van der Waals surface area contributed by atoms with Gasteiger partial charge < -0.3 is 10.4 Å². The van der Waals surface area contributed by atoms with E-state index in [1.165, 1.54) is 11.1 Å². The predicted molar refractivity (Wildman–Crippen MR) is 93.2 cm³/mol. The topological polar surface area (TPSA) is 49.3 Å². The number of carbonyl (C=O) groups is 1. The van der Waals surface area contributed by atoms with Crippen LogP contribution in [0.4, 0.5) is 0 Å². The molecule has 2 rings (SSSR count). The molecule has 0 saturated heterocycles. The number of carbonyl (C=O) groups excluding carboxylic acids is 1. The van der Waals surface area contributed by atoms with Gasteiger partial charge in [0.2, 0.25) is 5.91 Å². The van der Waals surface area contributed by atoms with E-state index in [-0.39, 0.29) is 24.2 Å². The molecule has 1 atom stereocenters. The van der Waals surface area contributed by atoms with Gasteiger partial charge in [0.15, 0.2) is 0 Å². The molecule has 2 aromatic rings. The van der Waals surface area contributed by atoms with Crippen LogP contribution in [0.5, 0.6) is 0 Å². The van der Waals surface area contributed by atoms with Crippen LogP contribution in [0.2, 0.25) is 0 Å². The Kier molecular flexibility index (Phi) is 6.36. The van der Waals surface area contributed by atoms with E-state index in [1.54, 1.807) is 0 Å². The summed E-state index contributed by atoms with van der Waals surface area (Å²) in [6.07, 6.45) is -0.449. The Balaban J connectivity index is 2.06. The first-order chi connectivity index (χ1) is 11.1. The van der Waals surface area contributed by atoms with E-state index in [4.69, 9.17) is 0 Å². The minimum absolute atomic E-state index is 0.0831. The molecular formula is C20H25NO2. The van der Waals surface area contributed by atoms with Gasteiger partial charge in [-0.3, -0.25) is 4.79 Å². The zero-order valence-corrected chi connectivity index (χ0v) is 13.8. The highest BCUT2D eigenvalue weighted by molar-refractivity contribution is 5.76. The molecule has 0 bridgehead atoms. The monoisotopic (exact) mass is 311 g/mol. The second kappa shape index (κ2) is 8.49. The lowest BCUT2D eigenvalue weighted by atomic mass is 9.91. The maximum Gasteiger partial charge on any atom is 0.222 e. The molecule has 0 aliphatic carbocycles. The van der Waals surface area contributed by atoms with Crippen LogP contribution in [0, 0.1) is 5.92 Å². The first kappa shape index (κ1) is 17.2. The SMILES string of the molecule is CC(C)C(O)CC(=O)NCC(c1ccccc1)c1ccccc1. The van der Waals surface area contributed by atoms with E-state index in [2.05, 4.69) is 29.6 Å². The van der Waals surface area contributed by atoms with Crippen LogP contribution in [0.3, 0.4) is 0 Å². The summed E-state index contributed by atoms with van der Waals surface area (Å²) in [5, 5.41) is 12.8. The van der Waals surface area contributed by atoms with Gasteiger partial charge in [-0.25, -0.2) is 0 Å². The fourth-order valence-corrected chi connectivity index (χ4v) is 2.51. The summed E-state index contributed by atoms with van der Waals surface area (Å²) in [5.74, 6) is 0.0837. The van der Waals surface area contributed by atoms with E-state index < -0.39 is 6.10 Å². The standard InChI is InChI=1S/C20H25NO2/c1-15(2)19(22)13-20(23)21-14-18(16-9-5-3-6-10-16)17-11-7-4-8-12-17/h3-12,15,18-19,22H,13-14H2,1-2H3,(H,21,23). The summed E-state index contributed by atoms with van der Waals surface area (Å²) in [7, 11) is 0. The van der Waals surface area contributed by atoms with Crippen LogP contribution in [0.15, 0.2) is 60.7 Å². The maximum absolute atomic E-state index is 12.1. The van der Waals surface area contributed by atoms with Crippen molar-refractivity contribution in [1.29, 1.82) is 0 Å². The second-order valence-corrected chi connectivity index (χ2v) is 6.19. The normalized spacial score (nSPS) is 12.4. The molecule has 0 saturated carbocycles. The Labute approximate surface area is 138 Å². The molecule has 0 heterocycles. The molecule has 3 heteroatoms. The molecule has 0 aromatic heterocycles. The minimum Gasteiger partial charge on any atom is -0.392 e. The molecule has 1 unspecified atom stereocenters. The van der Waals surface area contributed by atoms with E-state index in [0.29, 0.717) is 6.54 Å². The Morgan fingerprint density at radius 1 is 0.957 bits per heavy atom. The van der Waals surface area contributed by atoms with Crippen molar-refractivity contribution in [2.75, 3.05) is 6.54 Å². The van der Waals surface area contributed by atoms with Crippen LogP contribution in [-0.2, 0) is 4.79 Å². The van der Waals surface area contributed by atoms with E-state index in [1.807, 2.05) is 50.2 Å². The number of benzene rings is 2. The highest BCUT2D eigenvalue weighted by atomic mass is 16.3. The highest BCUT2D eigenvalue weighted by Crippen LogP contribution is 2.23. The Morgan fingerprint density at radius 3 is 1.87 bits per heavy atom. The van der Waals surface area contributed by atoms with Gasteiger partial charge in [-0.15, -0.1) is 0 Å². The fraction of sp³-hybridized carbons (Fsp3) is 0.350. The van der Waals surface area contributed by atoms with Crippen LogP contribution < -0.4 is 5.32 Å². The quantitative estimate of drug-likeness (QED) is 0.824. The number of hydrogen-bond acceptors (Lipinski definition) is 2. The van der Waals surface area contributed by atoms with Crippen molar-refractivity contribution in [3.63, 3.8) is 0 Å². The van der Waals surface area contributed by atoms with Crippen LogP contribution in [-0.4, -0.2) is 23.7 Å². The van der Waals surface area contributed by atoms with Gasteiger partial charge in [0, 0.05) is 12.5 Å². The van der Waals surface area contributed by atoms with E-state index in [0.717, 1.165) is 0 Å². The molecule has 2 aromatic carbocycles. The average Bonchev–Trinajstić information content (AvgIpc) is 2.57. The lowest BCUT2D eigenvalue weighted by Crippen LogP contribution is -2.32. The van der Waals surface area contributed by atoms with Gasteiger partial charge in [0.25, 0.3) is 0 Å². The zero-order chi connectivity index (χ0) is 16.7. The predicted octanol–water partition coefficient (Wildman–Crippen LogP) is 3.34. The van der Waals surface area contributed by atoms with Crippen LogP contribution in [0.25, 0.3) is 0 Å². The van der Waals surface area contributed by atoms with Gasteiger partial charge in [-0.2, -0.15) is 0 Å². The number of nitrogens with one attached hydrogen (secondary N) is 1. The first-order valence-electron chi connectivity index (χ1n) is 8.12. The molecule has 0 spiro atoms. The summed E-state index contributed by atoms with van der Waals surface area (Å²) in [6.45, 7) is 4.35. The lowest BCUT2D eigenvalue weighted by Gasteiger charge is -2.20. The number of amides is 1. The fourth-order valence-electron chi connectivity index (χ4n) is 2.51. The summed E-state index contributed by atoms with van der Waals surface area (Å²) < 4.78 is 0. The van der Waals surface area contributed by atoms with Crippen molar-refractivity contribution >= 4 is 5.91 Å². The van der Waals surface area contributed by atoms with Gasteiger partial charge in [0.1, 0.15) is 0 Å². The number of rotatable bonds is 7. The van der Waals surface area contributed by atoms with Crippen molar-refractivity contribution in [2.24, 2.45) is 5.92 Å². The molecule has 2 N–H and O–H groups in total. The Morgan fingerprint density at radius 2 is 1.43 bits per heavy atom. The Hall–Kier alpha value is -2.13. The molecule has 3 nitrogen and oxygen atoms in total. The summed E-state index contributed by atoms with van der Waals surface area (Å²) in [4.78, 5) is 12.1. The molecule has 0 radical (unpaired) electrons. The van der Waals surface area contributed by atoms with Gasteiger partial charge in [-0.05, 0) is 17.0 Å². The largest absolute Gasteiger partial charge is 0.392 e. The average molecular weight is 311 g/mol. The van der Waals surface area contributed by atoms with Gasteiger partial charge in [0.05, 0.1) is 12.5 Å². The molecule has 122 valence electrons. The minimum atomic E-state index is -0.595. The van der Waals surface area contributed by atoms with Crippen molar-refractivity contribution in [3.05, 3.63) is 71.8 Å². The maximum atomic E-state index is 12.1. The number of hydrogen-bond donors (Lipinski definition) is 2. The molecule has 0 fully saturated rings. The van der Waals surface area contributed by atoms with Crippen molar-refractivity contribution in [3.8, 4) is 0 Å². The molecule has 23 heavy (non-hydrogen) atoms. The van der Waals surface area contributed by atoms with Crippen LogP contribution in [0.1, 0.15) is 37.3 Å². The highest BCUT2D eigenvalue weighted by Gasteiger charge is 2.17. The molecule has 0 aliphatic heterocycles. The summed E-state index contributed by atoms with van der Waals surface area (Å²) >= 11 is 0. The first-order valence-corrected chi connectivity index (χ1v) is 8.12. The van der Waals surface area contributed by atoms with Crippen molar-refractivity contribution < 1.29 is 9.90 Å². The molecule has 0 aliphatic rings. The Bertz CT molecular complexity index is 556. The third-order valence-corrected chi connectivity index (χ3v) is 4.07. The molecular weight excluding hydrogens is 286 g/mol. The smallest absolute Gasteiger partial charge is 0.222 e. The number of aliphatic hydroxyl groups is 1. The van der Waals surface area contributed by atoms with Gasteiger partial charge >= 0.3 is 0 Å². The van der Waals surface area contributed by atoms with E-state index in [9.17, 15) is 9.90 Å². The molecule has 1 amide bonds. The summed E-state index contributed by atoms with van der Waals surface area (Å²) in [5.41, 5.74) is 2.34. The zero-order valence-electron chi connectivity index (χ0n) is 13.8. The third-order valence-electron chi connectivity index (χ3n) is 4.07. The summed E-state index contributed by atoms with van der Waals surface area (Å²) in [6, 6.07) is 20.3. The number of aliphatic hydroxyl groups excluding tert-OH is 1. The van der Waals surface area contributed by atoms with Gasteiger partial charge in [-0.1, -0.05) is 74.5 Å². The van der Waals surface area contributed by atoms with Crippen molar-refractivity contribution in [2.45, 2.75) is 32.3 Å². The third kappa shape index (κ3) is 5.22. The second-order valence-electron chi connectivity index (χ2n) is 6.19. The van der Waals surface area contributed by atoms with Crippen LogP contribution >= 0.6 is 0 Å². The van der Waals surface area contributed by atoms with E-state index >= 15 is 0 Å². The van der Waals surface area contributed by atoms with Crippen molar-refractivity contribution in [1.82, 2.24) is 5.32 Å².